The molecule has 2 heterocycles. The van der Waals surface area contributed by atoms with Crippen molar-refractivity contribution >= 4 is 50.4 Å². The van der Waals surface area contributed by atoms with E-state index in [4.69, 9.17) is 26.1 Å². The second-order valence-electron chi connectivity index (χ2n) is 8.74. The molecule has 0 spiro atoms. The van der Waals surface area contributed by atoms with Gasteiger partial charge in [0.25, 0.3) is 0 Å². The lowest BCUT2D eigenvalue weighted by Crippen LogP contribution is -2.07. The van der Waals surface area contributed by atoms with Crippen LogP contribution in [0.15, 0.2) is 42.5 Å². The summed E-state index contributed by atoms with van der Waals surface area (Å²) >= 11 is 6.82. The van der Waals surface area contributed by atoms with E-state index in [1.54, 1.807) is 13.2 Å². The Morgan fingerprint density at radius 2 is 1.74 bits per heavy atom. The van der Waals surface area contributed by atoms with E-state index in [1.165, 1.54) is 7.11 Å². The van der Waals surface area contributed by atoms with Crippen LogP contribution >= 0.6 is 11.6 Å². The molecule has 5 rings (SSSR count). The van der Waals surface area contributed by atoms with Gasteiger partial charge >= 0.3 is 5.97 Å². The molecule has 0 radical (unpaired) electrons. The maximum atomic E-state index is 12.3. The summed E-state index contributed by atoms with van der Waals surface area (Å²) in [6.45, 7) is 8.11. The molecule has 0 aliphatic carbocycles. The Hall–Kier alpha value is -3.35. The number of fused-ring (bicyclic) bond motifs is 4. The summed E-state index contributed by atoms with van der Waals surface area (Å²) in [7, 11) is 3.08. The molecule has 0 saturated carbocycles. The number of hydrogen-bond donors (Lipinski definition) is 0. The topological polar surface area (TPSA) is 58.3 Å². The molecule has 0 atom stereocenters. The molecule has 0 unspecified atom stereocenters. The fourth-order valence-corrected chi connectivity index (χ4v) is 5.28. The Morgan fingerprint density at radius 3 is 2.46 bits per heavy atom. The van der Waals surface area contributed by atoms with Gasteiger partial charge in [-0.3, -0.25) is 0 Å². The first-order valence-corrected chi connectivity index (χ1v) is 12.1. The lowest BCUT2D eigenvalue weighted by Gasteiger charge is -2.10. The number of hydrogen-bond acceptors (Lipinski definition) is 4. The lowest BCUT2D eigenvalue weighted by molar-refractivity contribution is 0.0600. The number of halogens is 1. The van der Waals surface area contributed by atoms with Gasteiger partial charge in [-0.15, -0.1) is 0 Å². The van der Waals surface area contributed by atoms with Gasteiger partial charge in [0.1, 0.15) is 5.82 Å². The molecule has 35 heavy (non-hydrogen) atoms. The predicted molar refractivity (Wildman–Crippen MR) is 142 cm³/mol. The number of nitrogens with zero attached hydrogens (tertiary/aromatic N) is 3. The van der Waals surface area contributed by atoms with Crippen molar-refractivity contribution in [2.75, 3.05) is 20.8 Å². The number of benzene rings is 3. The van der Waals surface area contributed by atoms with Crippen LogP contribution in [-0.2, 0) is 22.6 Å². The monoisotopic (exact) mass is 489 g/mol. The maximum absolute atomic E-state index is 12.3. The number of ether oxygens (including phenoxy) is 2. The fraction of sp³-hybridized carbons (Fsp3) is 0.286. The van der Waals surface area contributed by atoms with Gasteiger partial charge in [-0.05, 0) is 68.3 Å². The van der Waals surface area contributed by atoms with Gasteiger partial charge in [0, 0.05) is 42.1 Å². The first-order valence-electron chi connectivity index (χ1n) is 11.7. The van der Waals surface area contributed by atoms with Gasteiger partial charge in [-0.1, -0.05) is 17.7 Å². The molecule has 0 saturated heterocycles. The van der Waals surface area contributed by atoms with Gasteiger partial charge in [0.05, 0.1) is 40.9 Å². The number of imidazole rings is 1. The molecule has 0 N–H and O–H groups in total. The van der Waals surface area contributed by atoms with Crippen LogP contribution in [0.5, 0.6) is 0 Å². The van der Waals surface area contributed by atoms with E-state index < -0.39 is 0 Å². The Labute approximate surface area is 209 Å². The minimum absolute atomic E-state index is 0.365. The van der Waals surface area contributed by atoms with Crippen molar-refractivity contribution in [2.24, 2.45) is 0 Å². The Bertz CT molecular complexity index is 1610. The molecule has 0 aliphatic heterocycles. The molecule has 2 aromatic heterocycles. The van der Waals surface area contributed by atoms with Crippen LogP contribution < -0.4 is 0 Å². The average Bonchev–Trinajstić information content (AvgIpc) is 3.40. The van der Waals surface area contributed by atoms with Crippen LogP contribution in [-0.4, -0.2) is 40.9 Å². The molecule has 0 aliphatic rings. The third-order valence-corrected chi connectivity index (χ3v) is 7.32. The van der Waals surface area contributed by atoms with Gasteiger partial charge in [0.15, 0.2) is 0 Å². The molecule has 0 amide bonds. The van der Waals surface area contributed by atoms with E-state index in [0.29, 0.717) is 18.7 Å². The summed E-state index contributed by atoms with van der Waals surface area (Å²) in [6, 6.07) is 14.4. The number of carbonyl (C=O) groups is 1. The highest BCUT2D eigenvalue weighted by molar-refractivity contribution is 6.38. The van der Waals surface area contributed by atoms with E-state index >= 15 is 0 Å². The molecule has 180 valence electrons. The molecular weight excluding hydrogens is 462 g/mol. The van der Waals surface area contributed by atoms with Gasteiger partial charge in [0.2, 0.25) is 0 Å². The molecule has 7 heteroatoms. The smallest absolute Gasteiger partial charge is 0.338 e. The van der Waals surface area contributed by atoms with E-state index in [0.717, 1.165) is 66.9 Å². The van der Waals surface area contributed by atoms with E-state index in [1.807, 2.05) is 19.9 Å². The van der Waals surface area contributed by atoms with Crippen LogP contribution in [0.2, 0.25) is 5.02 Å². The first kappa shape index (κ1) is 23.4. The number of rotatable bonds is 6. The van der Waals surface area contributed by atoms with Crippen LogP contribution in [0, 0.1) is 13.8 Å². The normalized spacial score (nSPS) is 11.7. The molecule has 3 aromatic carbocycles. The molecule has 5 aromatic rings. The number of aryl methyl sites for hydroxylation is 3. The van der Waals surface area contributed by atoms with E-state index in [9.17, 15) is 4.79 Å². The second kappa shape index (κ2) is 9.02. The van der Waals surface area contributed by atoms with E-state index in [2.05, 4.69) is 46.4 Å². The molecular formula is C28H28ClN3O3. The highest BCUT2D eigenvalue weighted by Gasteiger charge is 2.20. The van der Waals surface area contributed by atoms with Crippen LogP contribution in [0.1, 0.15) is 28.4 Å². The van der Waals surface area contributed by atoms with Crippen molar-refractivity contribution < 1.29 is 14.3 Å². The molecule has 0 fully saturated rings. The Morgan fingerprint density at radius 1 is 1.00 bits per heavy atom. The highest BCUT2D eigenvalue weighted by atomic mass is 35.5. The summed E-state index contributed by atoms with van der Waals surface area (Å²) in [6.07, 6.45) is 0. The van der Waals surface area contributed by atoms with Crippen molar-refractivity contribution in [3.05, 3.63) is 64.2 Å². The summed E-state index contributed by atoms with van der Waals surface area (Å²) < 4.78 is 14.8. The summed E-state index contributed by atoms with van der Waals surface area (Å²) in [5.41, 5.74) is 7.36. The highest BCUT2D eigenvalue weighted by Crippen LogP contribution is 2.38. The largest absolute Gasteiger partial charge is 0.465 e. The van der Waals surface area contributed by atoms with Crippen molar-refractivity contribution in [1.29, 1.82) is 0 Å². The third kappa shape index (κ3) is 3.60. The number of carbonyl (C=O) groups excluding carboxylic acids is 1. The average molecular weight is 490 g/mol. The van der Waals surface area contributed by atoms with Gasteiger partial charge in [-0.2, -0.15) is 0 Å². The first-order chi connectivity index (χ1) is 16.9. The number of aromatic nitrogens is 3. The van der Waals surface area contributed by atoms with Crippen molar-refractivity contribution in [2.45, 2.75) is 33.9 Å². The van der Waals surface area contributed by atoms with Crippen LogP contribution in [0.4, 0.5) is 0 Å². The Kier molecular flexibility index (Phi) is 6.03. The van der Waals surface area contributed by atoms with Gasteiger partial charge in [-0.25, -0.2) is 9.78 Å². The molecule has 0 bridgehead atoms. The second-order valence-corrected chi connectivity index (χ2v) is 9.12. The standard InChI is InChI=1S/C28H28ClN3O3/c1-6-31-21-11-8-18(15-20(21)24-22(31)10-7-16(2)25(24)29)27-30-26-17(3)19(28(33)35-5)9-12-23(26)32(27)13-14-34-4/h7-12,15H,6,13-14H2,1-5H3. The van der Waals surface area contributed by atoms with Crippen LogP contribution in [0.3, 0.4) is 0 Å². The third-order valence-electron chi connectivity index (χ3n) is 6.83. The zero-order valence-corrected chi connectivity index (χ0v) is 21.4. The number of esters is 1. The fourth-order valence-electron chi connectivity index (χ4n) is 5.02. The van der Waals surface area contributed by atoms with Crippen molar-refractivity contribution in [3.63, 3.8) is 0 Å². The maximum Gasteiger partial charge on any atom is 0.338 e. The quantitative estimate of drug-likeness (QED) is 0.254. The lowest BCUT2D eigenvalue weighted by atomic mass is 10.1. The molecule has 6 nitrogen and oxygen atoms in total. The summed E-state index contributed by atoms with van der Waals surface area (Å²) in [5.74, 6) is 0.460. The summed E-state index contributed by atoms with van der Waals surface area (Å²) in [4.78, 5) is 17.3. The SMILES string of the molecule is CCn1c2ccc(-c3nc4c(C)c(C(=O)OC)ccc4n3CCOC)cc2c2c(Cl)c(C)ccc21. The van der Waals surface area contributed by atoms with Crippen LogP contribution in [0.25, 0.3) is 44.2 Å². The minimum Gasteiger partial charge on any atom is -0.465 e. The minimum atomic E-state index is -0.365. The van der Waals surface area contributed by atoms with Gasteiger partial charge < -0.3 is 18.6 Å². The van der Waals surface area contributed by atoms with Crippen molar-refractivity contribution in [1.82, 2.24) is 14.1 Å². The zero-order valence-electron chi connectivity index (χ0n) is 20.6. The zero-order chi connectivity index (χ0) is 24.9. The predicted octanol–water partition coefficient (Wildman–Crippen LogP) is 6.53. The Balaban J connectivity index is 1.80. The van der Waals surface area contributed by atoms with E-state index in [-0.39, 0.29) is 5.97 Å². The summed E-state index contributed by atoms with van der Waals surface area (Å²) in [5, 5.41) is 2.95. The number of methoxy groups -OCH3 is 2. The van der Waals surface area contributed by atoms with Crippen molar-refractivity contribution in [3.8, 4) is 11.4 Å².